The molecule has 2 aromatic carbocycles. The zero-order chi connectivity index (χ0) is 23.9. The molecule has 3 aliphatic heterocycles. The second kappa shape index (κ2) is 8.64. The maximum absolute atomic E-state index is 13.0. The van der Waals surface area contributed by atoms with Crippen LogP contribution in [0, 0.1) is 0 Å². The maximum atomic E-state index is 13.0. The van der Waals surface area contributed by atoms with E-state index in [2.05, 4.69) is 9.71 Å². The van der Waals surface area contributed by atoms with Crippen LogP contribution in [-0.2, 0) is 19.6 Å². The van der Waals surface area contributed by atoms with Gasteiger partial charge in [-0.2, -0.15) is 0 Å². The van der Waals surface area contributed by atoms with Crippen molar-refractivity contribution in [2.24, 2.45) is 4.99 Å². The molecule has 0 aromatic heterocycles. The van der Waals surface area contributed by atoms with Gasteiger partial charge in [-0.25, -0.2) is 8.42 Å². The Morgan fingerprint density at radius 1 is 1.00 bits per heavy atom. The largest absolute Gasteiger partial charge is 0.485 e. The zero-order valence-corrected chi connectivity index (χ0v) is 19.3. The fraction of sp³-hybridized carbons (Fsp3) is 0.348. The normalized spacial score (nSPS) is 22.6. The molecule has 1 saturated heterocycles. The van der Waals surface area contributed by atoms with Gasteiger partial charge in [-0.3, -0.25) is 19.3 Å². The Hall–Kier alpha value is -3.60. The Kier molecular flexibility index (Phi) is 5.64. The van der Waals surface area contributed by atoms with Crippen molar-refractivity contribution >= 4 is 27.7 Å². The van der Waals surface area contributed by atoms with Gasteiger partial charge in [-0.1, -0.05) is 24.3 Å². The summed E-state index contributed by atoms with van der Waals surface area (Å²) >= 11 is 0. The number of fused-ring (bicyclic) bond motifs is 2. The summed E-state index contributed by atoms with van der Waals surface area (Å²) in [6.45, 7) is 3.21. The van der Waals surface area contributed by atoms with Crippen LogP contribution in [0.25, 0.3) is 0 Å². The molecule has 0 spiro atoms. The highest BCUT2D eigenvalue weighted by atomic mass is 32.2. The second-order valence-corrected chi connectivity index (χ2v) is 9.92. The molecule has 0 aliphatic carbocycles. The molecule has 3 aliphatic rings. The number of nitrogens with zero attached hydrogens (tertiary/aromatic N) is 3. The summed E-state index contributed by atoms with van der Waals surface area (Å²) in [6.07, 6.45) is -0.724. The molecule has 2 amide bonds. The minimum atomic E-state index is -3.67. The molecule has 2 aromatic rings. The summed E-state index contributed by atoms with van der Waals surface area (Å²) in [5.41, 5.74) is 0.453. The highest BCUT2D eigenvalue weighted by Crippen LogP contribution is 2.31. The van der Waals surface area contributed by atoms with Gasteiger partial charge in [0.15, 0.2) is 11.5 Å². The average Bonchev–Trinajstić information content (AvgIpc) is 3.12. The summed E-state index contributed by atoms with van der Waals surface area (Å²) in [5, 5.41) is 0. The van der Waals surface area contributed by atoms with Crippen molar-refractivity contribution in [2.75, 3.05) is 32.8 Å². The lowest BCUT2D eigenvalue weighted by molar-refractivity contribution is -0.146. The minimum absolute atomic E-state index is 0.140. The lowest BCUT2D eigenvalue weighted by atomic mass is 10.2. The molecule has 11 heteroatoms. The monoisotopic (exact) mass is 484 g/mol. The molecule has 5 rings (SSSR count). The lowest BCUT2D eigenvalue weighted by Gasteiger charge is -2.37. The van der Waals surface area contributed by atoms with Crippen LogP contribution < -0.4 is 14.2 Å². The Bertz CT molecular complexity index is 1270. The second-order valence-electron chi connectivity index (χ2n) is 8.27. The Balaban J connectivity index is 1.20. The number of piperazine rings is 1. The van der Waals surface area contributed by atoms with E-state index in [0.717, 1.165) is 0 Å². The summed E-state index contributed by atoms with van der Waals surface area (Å²) in [6, 6.07) is 12.9. The molecule has 0 saturated carbocycles. The summed E-state index contributed by atoms with van der Waals surface area (Å²) < 4.78 is 38.4. The number of amides is 2. The summed E-state index contributed by atoms with van der Waals surface area (Å²) in [7, 11) is -3.67. The third-order valence-electron chi connectivity index (χ3n) is 6.03. The predicted octanol–water partition coefficient (Wildman–Crippen LogP) is 0.624. The first-order chi connectivity index (χ1) is 16.3. The Morgan fingerprint density at radius 2 is 1.65 bits per heavy atom. The van der Waals surface area contributed by atoms with Crippen molar-refractivity contribution in [1.29, 1.82) is 0 Å². The zero-order valence-electron chi connectivity index (χ0n) is 18.5. The van der Waals surface area contributed by atoms with E-state index in [1.807, 2.05) is 12.1 Å². The highest BCUT2D eigenvalue weighted by Gasteiger charge is 2.35. The molecular formula is C23H24N4O6S. The van der Waals surface area contributed by atoms with Crippen molar-refractivity contribution in [3.63, 3.8) is 0 Å². The van der Waals surface area contributed by atoms with E-state index >= 15 is 0 Å². The van der Waals surface area contributed by atoms with Crippen LogP contribution in [0.1, 0.15) is 12.5 Å². The molecule has 0 bridgehead atoms. The Labute approximate surface area is 197 Å². The summed E-state index contributed by atoms with van der Waals surface area (Å²) in [5.74, 6) is 0.920. The van der Waals surface area contributed by atoms with Crippen LogP contribution in [0.15, 0.2) is 58.4 Å². The average molecular weight is 485 g/mol. The third-order valence-corrected chi connectivity index (χ3v) is 7.43. The molecular weight excluding hydrogens is 460 g/mol. The molecule has 178 valence electrons. The number of sulfonamides is 1. The number of ether oxygens (including phenoxy) is 2. The molecule has 3 heterocycles. The fourth-order valence-electron chi connectivity index (χ4n) is 4.23. The maximum Gasteiger partial charge on any atom is 0.267 e. The molecule has 2 unspecified atom stereocenters. The van der Waals surface area contributed by atoms with Crippen LogP contribution in [0.2, 0.25) is 0 Å². The quantitative estimate of drug-likeness (QED) is 0.683. The molecule has 1 N–H and O–H groups in total. The van der Waals surface area contributed by atoms with Gasteiger partial charge in [-0.05, 0) is 31.2 Å². The van der Waals surface area contributed by atoms with E-state index in [0.29, 0.717) is 43.2 Å². The van der Waals surface area contributed by atoms with Crippen LogP contribution in [0.4, 0.5) is 0 Å². The van der Waals surface area contributed by atoms with E-state index in [-0.39, 0.29) is 29.2 Å². The number of aliphatic imine (C=N–C) groups is 1. The number of para-hydroxylation sites is 2. The van der Waals surface area contributed by atoms with Crippen LogP contribution in [0.5, 0.6) is 11.5 Å². The first-order valence-electron chi connectivity index (χ1n) is 11.0. The van der Waals surface area contributed by atoms with Crippen molar-refractivity contribution in [2.45, 2.75) is 24.0 Å². The highest BCUT2D eigenvalue weighted by molar-refractivity contribution is 7.90. The SMILES string of the molecule is CC(N=C1NS(=O)(=O)c2ccccc21)C(=O)N1CCN(C(=O)C2COc3ccccc3O2)CC1. The molecule has 1 fully saturated rings. The van der Waals surface area contributed by atoms with Gasteiger partial charge in [0.2, 0.25) is 12.0 Å². The molecule has 10 nitrogen and oxygen atoms in total. The number of hydrogen-bond donors (Lipinski definition) is 1. The number of nitrogens with one attached hydrogen (secondary N) is 1. The standard InChI is InChI=1S/C23H24N4O6S/c1-15(24-21-16-6-2-5-9-20(16)34(30,31)25-21)22(28)26-10-12-27(13-11-26)23(29)19-14-32-17-7-3-4-8-18(17)33-19/h2-9,15,19H,10-14H2,1H3,(H,24,25). The van der Waals surface area contributed by atoms with E-state index in [4.69, 9.17) is 9.47 Å². The predicted molar refractivity (Wildman–Crippen MR) is 122 cm³/mol. The topological polar surface area (TPSA) is 118 Å². The Morgan fingerprint density at radius 3 is 2.41 bits per heavy atom. The number of hydrogen-bond acceptors (Lipinski definition) is 7. The number of amidine groups is 1. The molecule has 2 atom stereocenters. The van der Waals surface area contributed by atoms with Gasteiger partial charge in [0.1, 0.15) is 18.5 Å². The van der Waals surface area contributed by atoms with Gasteiger partial charge in [-0.15, -0.1) is 0 Å². The number of carbonyl (C=O) groups is 2. The first-order valence-corrected chi connectivity index (χ1v) is 12.5. The molecule has 0 radical (unpaired) electrons. The van der Waals surface area contributed by atoms with Gasteiger partial charge >= 0.3 is 0 Å². The van der Waals surface area contributed by atoms with E-state index in [1.165, 1.54) is 6.07 Å². The van der Waals surface area contributed by atoms with Crippen LogP contribution in [0.3, 0.4) is 0 Å². The third kappa shape index (κ3) is 4.07. The smallest absolute Gasteiger partial charge is 0.267 e. The van der Waals surface area contributed by atoms with Crippen LogP contribution in [-0.4, -0.2) is 80.8 Å². The fourth-order valence-corrected chi connectivity index (χ4v) is 5.47. The number of rotatable bonds is 3. The minimum Gasteiger partial charge on any atom is -0.485 e. The molecule has 34 heavy (non-hydrogen) atoms. The number of carbonyl (C=O) groups excluding carboxylic acids is 2. The van der Waals surface area contributed by atoms with Crippen molar-refractivity contribution < 1.29 is 27.5 Å². The lowest BCUT2D eigenvalue weighted by Crippen LogP contribution is -2.56. The van der Waals surface area contributed by atoms with Gasteiger partial charge in [0.25, 0.3) is 15.9 Å². The van der Waals surface area contributed by atoms with E-state index in [1.54, 1.807) is 47.1 Å². The summed E-state index contributed by atoms with van der Waals surface area (Å²) in [4.78, 5) is 33.7. The van der Waals surface area contributed by atoms with Gasteiger partial charge in [0, 0.05) is 31.7 Å². The van der Waals surface area contributed by atoms with E-state index < -0.39 is 22.2 Å². The van der Waals surface area contributed by atoms with Crippen LogP contribution >= 0.6 is 0 Å². The van der Waals surface area contributed by atoms with Crippen molar-refractivity contribution in [1.82, 2.24) is 14.5 Å². The van der Waals surface area contributed by atoms with Crippen molar-refractivity contribution in [3.8, 4) is 11.5 Å². The van der Waals surface area contributed by atoms with Crippen molar-refractivity contribution in [3.05, 3.63) is 54.1 Å². The van der Waals surface area contributed by atoms with Gasteiger partial charge in [0.05, 0.1) is 4.90 Å². The first kappa shape index (κ1) is 22.2. The number of benzene rings is 2. The van der Waals surface area contributed by atoms with E-state index in [9.17, 15) is 18.0 Å². The van der Waals surface area contributed by atoms with Gasteiger partial charge < -0.3 is 19.3 Å².